The first-order chi connectivity index (χ1) is 15.2. The zero-order valence-electron chi connectivity index (χ0n) is 18.6. The summed E-state index contributed by atoms with van der Waals surface area (Å²) in [5.74, 6) is 0.360. The number of hydrogen-bond donors (Lipinski definition) is 2. The number of nitrogens with one attached hydrogen (secondary N) is 1. The number of imidazole rings is 1. The first-order valence-electron chi connectivity index (χ1n) is 10.1. The molecule has 3 aromatic rings. The average molecular weight is 475 g/mol. The second-order valence-electron chi connectivity index (χ2n) is 8.42. The van der Waals surface area contributed by atoms with Crippen molar-refractivity contribution < 1.29 is 4.74 Å². The minimum Gasteiger partial charge on any atom is -0.405 e. The largest absolute Gasteiger partial charge is 0.405 e. The summed E-state index contributed by atoms with van der Waals surface area (Å²) in [5.41, 5.74) is 5.90. The van der Waals surface area contributed by atoms with Gasteiger partial charge in [0.25, 0.3) is 5.56 Å². The van der Waals surface area contributed by atoms with Crippen molar-refractivity contribution >= 4 is 36.6 Å². The highest BCUT2D eigenvalue weighted by molar-refractivity contribution is 6.76. The van der Waals surface area contributed by atoms with Crippen molar-refractivity contribution in [3.8, 4) is 5.69 Å². The Bertz CT molecular complexity index is 1280. The molecule has 0 radical (unpaired) electrons. The van der Waals surface area contributed by atoms with Gasteiger partial charge in [-0.25, -0.2) is 9.78 Å². The number of hydrogen-bond acceptors (Lipinski definition) is 6. The average Bonchev–Trinajstić information content (AvgIpc) is 3.11. The normalized spacial score (nSPS) is 12.8. The van der Waals surface area contributed by atoms with E-state index < -0.39 is 19.3 Å². The monoisotopic (exact) mass is 474 g/mol. The molecule has 3 rings (SSSR count). The van der Waals surface area contributed by atoms with Crippen LogP contribution in [-0.2, 0) is 11.5 Å². The smallest absolute Gasteiger partial charge is 0.332 e. The first-order valence-corrected chi connectivity index (χ1v) is 14.2. The lowest BCUT2D eigenvalue weighted by atomic mass is 10.2. The molecule has 0 fully saturated rings. The topological polar surface area (TPSA) is 120 Å². The molecule has 0 unspecified atom stereocenters. The van der Waals surface area contributed by atoms with Crippen molar-refractivity contribution in [2.45, 2.75) is 32.4 Å². The number of benzene rings is 1. The van der Waals surface area contributed by atoms with Crippen LogP contribution in [0.4, 0.5) is 0 Å². The quantitative estimate of drug-likeness (QED) is 0.295. The van der Waals surface area contributed by atoms with Gasteiger partial charge in [-0.3, -0.25) is 23.9 Å². The number of halogens is 1. The Morgan fingerprint density at radius 3 is 2.56 bits per heavy atom. The van der Waals surface area contributed by atoms with E-state index in [2.05, 4.69) is 34.6 Å². The Morgan fingerprint density at radius 1 is 1.28 bits per heavy atom. The standard InChI is InChI=1S/C21H27ClN6O3Si/c1-24-16(9-10-23)18-25-19-17(28(18)15-7-5-14(22)6-8-15)20(29)26-21(30)27(19)13-31-11-12-32(2,3)4/h5-10H,11-13,23H2,1-4H3,(H,26,29,30). The highest BCUT2D eigenvalue weighted by Gasteiger charge is 2.22. The molecule has 0 bridgehead atoms. The van der Waals surface area contributed by atoms with Gasteiger partial charge in [0.15, 0.2) is 17.0 Å². The predicted molar refractivity (Wildman–Crippen MR) is 131 cm³/mol. The third-order valence-corrected chi connectivity index (χ3v) is 6.78. The van der Waals surface area contributed by atoms with E-state index in [1.54, 1.807) is 42.0 Å². The summed E-state index contributed by atoms with van der Waals surface area (Å²) in [5, 5.41) is 0.549. The summed E-state index contributed by atoms with van der Waals surface area (Å²) in [4.78, 5) is 36.7. The molecule has 32 heavy (non-hydrogen) atoms. The molecule has 0 spiro atoms. The van der Waals surface area contributed by atoms with Gasteiger partial charge in [0.1, 0.15) is 12.4 Å². The van der Waals surface area contributed by atoms with E-state index in [0.29, 0.717) is 28.9 Å². The second-order valence-corrected chi connectivity index (χ2v) is 14.5. The molecule has 0 saturated carbocycles. The SMILES string of the molecule is CN=C(C=CN)c1nc2c(c(=O)[nH]c(=O)n2COCC[Si](C)(C)C)n1-c1ccc(Cl)cc1. The Hall–Kier alpha value is -2.95. The zero-order valence-corrected chi connectivity index (χ0v) is 20.3. The minimum absolute atomic E-state index is 0.0288. The number of nitrogens with zero attached hydrogens (tertiary/aromatic N) is 4. The van der Waals surface area contributed by atoms with Crippen LogP contribution in [0, 0.1) is 0 Å². The number of rotatable bonds is 8. The molecule has 9 nitrogen and oxygen atoms in total. The van der Waals surface area contributed by atoms with Crippen molar-refractivity contribution in [3.63, 3.8) is 0 Å². The molecule has 0 saturated heterocycles. The summed E-state index contributed by atoms with van der Waals surface area (Å²) in [6.07, 6.45) is 2.92. The molecule has 2 aromatic heterocycles. The molecular formula is C21H27ClN6O3Si. The van der Waals surface area contributed by atoms with Crippen molar-refractivity contribution in [3.05, 3.63) is 68.2 Å². The van der Waals surface area contributed by atoms with Gasteiger partial charge < -0.3 is 10.5 Å². The number of nitrogens with two attached hydrogens (primary N) is 1. The molecule has 0 amide bonds. The Morgan fingerprint density at radius 2 is 1.97 bits per heavy atom. The molecule has 0 aliphatic carbocycles. The van der Waals surface area contributed by atoms with Gasteiger partial charge in [-0.05, 0) is 42.6 Å². The molecule has 0 atom stereocenters. The van der Waals surface area contributed by atoms with E-state index in [1.807, 2.05) is 0 Å². The van der Waals surface area contributed by atoms with Crippen LogP contribution in [0.2, 0.25) is 30.7 Å². The summed E-state index contributed by atoms with van der Waals surface area (Å²) in [6.45, 7) is 7.23. The van der Waals surface area contributed by atoms with Gasteiger partial charge in [-0.15, -0.1) is 0 Å². The second kappa shape index (κ2) is 9.68. The number of fused-ring (bicyclic) bond motifs is 1. The maximum absolute atomic E-state index is 12.9. The van der Waals surface area contributed by atoms with Gasteiger partial charge in [-0.2, -0.15) is 0 Å². The zero-order chi connectivity index (χ0) is 23.5. The van der Waals surface area contributed by atoms with Crippen LogP contribution in [0.1, 0.15) is 5.82 Å². The van der Waals surface area contributed by atoms with E-state index in [1.165, 1.54) is 10.8 Å². The highest BCUT2D eigenvalue weighted by Crippen LogP contribution is 2.21. The third kappa shape index (κ3) is 5.09. The lowest BCUT2D eigenvalue weighted by molar-refractivity contribution is 0.0865. The summed E-state index contributed by atoms with van der Waals surface area (Å²) >= 11 is 6.05. The fourth-order valence-corrected chi connectivity index (χ4v) is 4.01. The van der Waals surface area contributed by atoms with Gasteiger partial charge in [0.2, 0.25) is 0 Å². The summed E-state index contributed by atoms with van der Waals surface area (Å²) < 4.78 is 8.72. The first kappa shape index (κ1) is 23.7. The molecule has 3 N–H and O–H groups in total. The van der Waals surface area contributed by atoms with E-state index >= 15 is 0 Å². The minimum atomic E-state index is -1.29. The molecule has 1 aromatic carbocycles. The fraction of sp³-hybridized carbons (Fsp3) is 0.333. The van der Waals surface area contributed by atoms with Crippen molar-refractivity contribution in [2.24, 2.45) is 10.7 Å². The van der Waals surface area contributed by atoms with E-state index in [-0.39, 0.29) is 17.9 Å². The van der Waals surface area contributed by atoms with Crippen LogP contribution >= 0.6 is 11.6 Å². The number of aromatic nitrogens is 4. The Kier molecular flexibility index (Phi) is 7.17. The highest BCUT2D eigenvalue weighted by atomic mass is 35.5. The van der Waals surface area contributed by atoms with Crippen LogP contribution in [0.15, 0.2) is 51.1 Å². The lowest BCUT2D eigenvalue weighted by Crippen LogP contribution is -2.32. The molecule has 0 aliphatic rings. The Balaban J connectivity index is 2.22. The maximum Gasteiger partial charge on any atom is 0.332 e. The van der Waals surface area contributed by atoms with Crippen LogP contribution in [0.5, 0.6) is 0 Å². The van der Waals surface area contributed by atoms with Gasteiger partial charge in [0.05, 0.1) is 0 Å². The van der Waals surface area contributed by atoms with Crippen molar-refractivity contribution in [2.75, 3.05) is 13.7 Å². The number of ether oxygens (including phenoxy) is 1. The molecular weight excluding hydrogens is 448 g/mol. The third-order valence-electron chi connectivity index (χ3n) is 4.82. The fourth-order valence-electron chi connectivity index (χ4n) is 3.13. The van der Waals surface area contributed by atoms with Gasteiger partial charge in [-0.1, -0.05) is 31.2 Å². The Labute approximate surface area is 191 Å². The van der Waals surface area contributed by atoms with Crippen molar-refractivity contribution in [1.29, 1.82) is 0 Å². The van der Waals surface area contributed by atoms with E-state index in [4.69, 9.17) is 22.1 Å². The van der Waals surface area contributed by atoms with E-state index in [0.717, 1.165) is 6.04 Å². The predicted octanol–water partition coefficient (Wildman–Crippen LogP) is 2.73. The van der Waals surface area contributed by atoms with Gasteiger partial charge in [0, 0.05) is 32.4 Å². The van der Waals surface area contributed by atoms with Crippen LogP contribution in [0.25, 0.3) is 16.9 Å². The van der Waals surface area contributed by atoms with Crippen LogP contribution < -0.4 is 17.0 Å². The van der Waals surface area contributed by atoms with Crippen LogP contribution in [0.3, 0.4) is 0 Å². The van der Waals surface area contributed by atoms with Gasteiger partial charge >= 0.3 is 5.69 Å². The molecule has 170 valence electrons. The van der Waals surface area contributed by atoms with E-state index in [9.17, 15) is 9.59 Å². The lowest BCUT2D eigenvalue weighted by Gasteiger charge is -2.15. The molecule has 2 heterocycles. The number of allylic oxidation sites excluding steroid dienone is 1. The number of aliphatic imine (C=N–C) groups is 1. The van der Waals surface area contributed by atoms with Crippen molar-refractivity contribution in [1.82, 2.24) is 19.1 Å². The summed E-state index contributed by atoms with van der Waals surface area (Å²) in [7, 11) is 0.305. The molecule has 0 aliphatic heterocycles. The summed E-state index contributed by atoms with van der Waals surface area (Å²) in [6, 6.07) is 7.87. The molecule has 11 heteroatoms. The number of aromatic amines is 1. The number of H-pyrrole nitrogens is 1. The maximum atomic E-state index is 12.9. The van der Waals surface area contributed by atoms with Crippen LogP contribution in [-0.4, -0.2) is 46.5 Å².